The van der Waals surface area contributed by atoms with Crippen LogP contribution >= 0.6 is 0 Å². The summed E-state index contributed by atoms with van der Waals surface area (Å²) in [5.41, 5.74) is 5.30. The van der Waals surface area contributed by atoms with Gasteiger partial charge in [0, 0.05) is 13.2 Å². The Morgan fingerprint density at radius 1 is 1.56 bits per heavy atom. The predicted octanol–water partition coefficient (Wildman–Crippen LogP) is -0.353. The summed E-state index contributed by atoms with van der Waals surface area (Å²) < 4.78 is 4.95. The topological polar surface area (TPSA) is 85.5 Å². The highest BCUT2D eigenvalue weighted by molar-refractivity contribution is 5.97. The molecule has 2 N–H and O–H groups in total. The Kier molecular flexibility index (Phi) is 3.82. The molecule has 86 valence electrons. The number of rotatable bonds is 4. The first-order valence-electron chi connectivity index (χ1n) is 4.59. The number of methoxy groups -OCH3 is 1. The normalized spacial score (nSPS) is 9.62. The van der Waals surface area contributed by atoms with E-state index in [0.29, 0.717) is 5.56 Å². The number of carbonyl (C=O) groups is 2. The van der Waals surface area contributed by atoms with Gasteiger partial charge in [-0.05, 0) is 12.1 Å². The summed E-state index contributed by atoms with van der Waals surface area (Å²) in [4.78, 5) is 27.6. The Bertz CT molecular complexity index is 406. The minimum atomic E-state index is -0.571. The van der Waals surface area contributed by atoms with Crippen molar-refractivity contribution in [1.82, 2.24) is 9.88 Å². The van der Waals surface area contributed by atoms with Crippen molar-refractivity contribution in [3.63, 3.8) is 0 Å². The van der Waals surface area contributed by atoms with E-state index in [4.69, 9.17) is 10.5 Å². The summed E-state index contributed by atoms with van der Waals surface area (Å²) in [5.74, 6) is -0.703. The summed E-state index contributed by atoms with van der Waals surface area (Å²) in [6, 6.07) is 3.19. The lowest BCUT2D eigenvalue weighted by molar-refractivity contribution is -0.118. The third-order valence-electron chi connectivity index (χ3n) is 1.93. The zero-order valence-electron chi connectivity index (χ0n) is 9.14. The largest absolute Gasteiger partial charge is 0.480 e. The molecular formula is C10H13N3O3. The van der Waals surface area contributed by atoms with Crippen molar-refractivity contribution in [2.45, 2.75) is 0 Å². The van der Waals surface area contributed by atoms with E-state index < -0.39 is 5.91 Å². The smallest absolute Gasteiger partial charge is 0.259 e. The molecule has 1 aromatic heterocycles. The standard InChI is InChI=1S/C10H13N3O3/c1-13(6-8(11)14)10(15)7-4-3-5-12-9(7)16-2/h3-5H,6H2,1-2H3,(H2,11,14). The Morgan fingerprint density at radius 3 is 2.81 bits per heavy atom. The Hall–Kier alpha value is -2.11. The third kappa shape index (κ3) is 2.69. The van der Waals surface area contributed by atoms with E-state index in [2.05, 4.69) is 4.98 Å². The van der Waals surface area contributed by atoms with Gasteiger partial charge in [0.25, 0.3) is 5.91 Å². The molecule has 1 rings (SSSR count). The Balaban J connectivity index is 2.91. The van der Waals surface area contributed by atoms with Gasteiger partial charge >= 0.3 is 0 Å². The maximum Gasteiger partial charge on any atom is 0.259 e. The van der Waals surface area contributed by atoms with Crippen LogP contribution in [0.3, 0.4) is 0 Å². The van der Waals surface area contributed by atoms with Crippen molar-refractivity contribution in [2.75, 3.05) is 20.7 Å². The molecule has 0 spiro atoms. The summed E-state index contributed by atoms with van der Waals surface area (Å²) in [6.07, 6.45) is 1.52. The van der Waals surface area contributed by atoms with Crippen LogP contribution < -0.4 is 10.5 Å². The number of ether oxygens (including phenoxy) is 1. The first-order valence-corrected chi connectivity index (χ1v) is 4.59. The van der Waals surface area contributed by atoms with Gasteiger partial charge in [-0.1, -0.05) is 0 Å². The van der Waals surface area contributed by atoms with Crippen molar-refractivity contribution in [1.29, 1.82) is 0 Å². The minimum Gasteiger partial charge on any atom is -0.480 e. The van der Waals surface area contributed by atoms with Gasteiger partial charge < -0.3 is 15.4 Å². The second kappa shape index (κ2) is 5.11. The van der Waals surface area contributed by atoms with Crippen molar-refractivity contribution in [2.24, 2.45) is 5.73 Å². The molecule has 0 aliphatic heterocycles. The van der Waals surface area contributed by atoms with E-state index in [0.717, 1.165) is 0 Å². The van der Waals surface area contributed by atoms with Crippen LogP contribution in [0.5, 0.6) is 5.88 Å². The quantitative estimate of drug-likeness (QED) is 0.755. The minimum absolute atomic E-state index is 0.142. The molecule has 0 unspecified atom stereocenters. The number of pyridine rings is 1. The lowest BCUT2D eigenvalue weighted by atomic mass is 10.2. The molecule has 0 bridgehead atoms. The molecular weight excluding hydrogens is 210 g/mol. The van der Waals surface area contributed by atoms with Gasteiger partial charge in [-0.15, -0.1) is 0 Å². The van der Waals surface area contributed by atoms with E-state index in [1.165, 1.54) is 25.3 Å². The third-order valence-corrected chi connectivity index (χ3v) is 1.93. The van der Waals surface area contributed by atoms with Gasteiger partial charge in [0.1, 0.15) is 5.56 Å². The second-order valence-corrected chi connectivity index (χ2v) is 3.19. The number of hydrogen-bond acceptors (Lipinski definition) is 4. The number of amides is 2. The molecule has 0 aromatic carbocycles. The van der Waals surface area contributed by atoms with Crippen LogP contribution in [0.4, 0.5) is 0 Å². The highest BCUT2D eigenvalue weighted by Crippen LogP contribution is 2.15. The van der Waals surface area contributed by atoms with Crippen LogP contribution in [-0.2, 0) is 4.79 Å². The van der Waals surface area contributed by atoms with E-state index in [-0.39, 0.29) is 18.3 Å². The average Bonchev–Trinajstić information content (AvgIpc) is 2.27. The molecule has 6 heteroatoms. The second-order valence-electron chi connectivity index (χ2n) is 3.19. The maximum absolute atomic E-state index is 11.9. The molecule has 16 heavy (non-hydrogen) atoms. The van der Waals surface area contributed by atoms with Gasteiger partial charge in [-0.2, -0.15) is 0 Å². The fourth-order valence-corrected chi connectivity index (χ4v) is 1.23. The van der Waals surface area contributed by atoms with Gasteiger partial charge in [-0.25, -0.2) is 4.98 Å². The number of aromatic nitrogens is 1. The molecule has 0 saturated carbocycles. The molecule has 6 nitrogen and oxygen atoms in total. The van der Waals surface area contributed by atoms with Crippen LogP contribution in [0.25, 0.3) is 0 Å². The number of carbonyl (C=O) groups excluding carboxylic acids is 2. The number of nitrogens with two attached hydrogens (primary N) is 1. The van der Waals surface area contributed by atoms with Crippen molar-refractivity contribution < 1.29 is 14.3 Å². The van der Waals surface area contributed by atoms with Crippen LogP contribution in [0.2, 0.25) is 0 Å². The lowest BCUT2D eigenvalue weighted by Gasteiger charge is -2.15. The van der Waals surface area contributed by atoms with E-state index in [1.54, 1.807) is 12.1 Å². The summed E-state index contributed by atoms with van der Waals surface area (Å²) in [6.45, 7) is -0.142. The molecule has 0 fully saturated rings. The molecule has 1 aromatic rings. The highest BCUT2D eigenvalue weighted by Gasteiger charge is 2.17. The van der Waals surface area contributed by atoms with Crippen LogP contribution in [-0.4, -0.2) is 42.4 Å². The summed E-state index contributed by atoms with van der Waals surface area (Å²) in [7, 11) is 2.91. The average molecular weight is 223 g/mol. The first kappa shape index (κ1) is 12.0. The van der Waals surface area contributed by atoms with Gasteiger partial charge in [-0.3, -0.25) is 9.59 Å². The lowest BCUT2D eigenvalue weighted by Crippen LogP contribution is -2.35. The van der Waals surface area contributed by atoms with Crippen LogP contribution in [0, 0.1) is 0 Å². The maximum atomic E-state index is 11.9. The number of primary amides is 1. The van der Waals surface area contributed by atoms with Crippen molar-refractivity contribution in [3.8, 4) is 5.88 Å². The fourth-order valence-electron chi connectivity index (χ4n) is 1.23. The monoisotopic (exact) mass is 223 g/mol. The number of hydrogen-bond donors (Lipinski definition) is 1. The molecule has 0 saturated heterocycles. The van der Waals surface area contributed by atoms with E-state index in [1.807, 2.05) is 0 Å². The molecule has 1 heterocycles. The zero-order chi connectivity index (χ0) is 12.1. The van der Waals surface area contributed by atoms with E-state index in [9.17, 15) is 9.59 Å². The fraction of sp³-hybridized carbons (Fsp3) is 0.300. The van der Waals surface area contributed by atoms with Crippen molar-refractivity contribution >= 4 is 11.8 Å². The molecule has 0 aliphatic rings. The summed E-state index contributed by atoms with van der Waals surface area (Å²) in [5, 5.41) is 0. The Labute approximate surface area is 93.0 Å². The predicted molar refractivity (Wildman–Crippen MR) is 56.9 cm³/mol. The number of nitrogens with zero attached hydrogens (tertiary/aromatic N) is 2. The van der Waals surface area contributed by atoms with Crippen molar-refractivity contribution in [3.05, 3.63) is 23.9 Å². The molecule has 0 aliphatic carbocycles. The molecule has 0 atom stereocenters. The van der Waals surface area contributed by atoms with Gasteiger partial charge in [0.2, 0.25) is 11.8 Å². The zero-order valence-corrected chi connectivity index (χ0v) is 9.14. The van der Waals surface area contributed by atoms with Crippen LogP contribution in [0.1, 0.15) is 10.4 Å². The highest BCUT2D eigenvalue weighted by atomic mass is 16.5. The Morgan fingerprint density at radius 2 is 2.25 bits per heavy atom. The van der Waals surface area contributed by atoms with Crippen LogP contribution in [0.15, 0.2) is 18.3 Å². The molecule has 2 amide bonds. The van der Waals surface area contributed by atoms with Gasteiger partial charge in [0.15, 0.2) is 0 Å². The first-order chi connectivity index (χ1) is 7.56. The summed E-state index contributed by atoms with van der Waals surface area (Å²) >= 11 is 0. The molecule has 0 radical (unpaired) electrons. The van der Waals surface area contributed by atoms with Gasteiger partial charge in [0.05, 0.1) is 13.7 Å². The SMILES string of the molecule is COc1ncccc1C(=O)N(C)CC(N)=O. The number of likely N-dealkylation sites (N-methyl/N-ethyl adjacent to an activating group) is 1. The van der Waals surface area contributed by atoms with E-state index >= 15 is 0 Å².